The van der Waals surface area contributed by atoms with Gasteiger partial charge in [-0.05, 0) is 12.1 Å². The van der Waals surface area contributed by atoms with Crippen LogP contribution in [-0.4, -0.2) is 31.3 Å². The van der Waals surface area contributed by atoms with E-state index < -0.39 is 0 Å². The van der Waals surface area contributed by atoms with Crippen molar-refractivity contribution < 1.29 is 4.74 Å². The second kappa shape index (κ2) is 6.97. The minimum absolute atomic E-state index is 0.0515. The van der Waals surface area contributed by atoms with Crippen LogP contribution < -0.4 is 10.3 Å². The molecule has 5 heteroatoms. The maximum Gasteiger partial charge on any atom is 0.191 e. The maximum atomic E-state index is 13.0. The van der Waals surface area contributed by atoms with Crippen LogP contribution in [-0.2, 0) is 4.74 Å². The first-order valence-electron chi connectivity index (χ1n) is 10.2. The van der Waals surface area contributed by atoms with E-state index >= 15 is 0 Å². The third kappa shape index (κ3) is 2.74. The number of nitrogens with zero attached hydrogens (tertiary/aromatic N) is 1. The van der Waals surface area contributed by atoms with E-state index in [-0.39, 0.29) is 5.43 Å². The number of thiophene rings is 1. The van der Waals surface area contributed by atoms with Gasteiger partial charge in [-0.1, -0.05) is 48.5 Å². The monoisotopic (exact) mass is 412 g/mol. The molecule has 5 aromatic rings. The SMILES string of the molecule is O=c1cc(N2CCOCC2)[nH]c2c(-c3cccc4c3sc3ccccc34)cccc12. The second-order valence-electron chi connectivity index (χ2n) is 7.63. The molecule has 0 saturated carbocycles. The Morgan fingerprint density at radius 3 is 2.43 bits per heavy atom. The van der Waals surface area contributed by atoms with Crippen molar-refractivity contribution in [1.82, 2.24) is 4.98 Å². The number of aromatic amines is 1. The van der Waals surface area contributed by atoms with E-state index in [0.717, 1.165) is 40.9 Å². The number of nitrogens with one attached hydrogen (secondary N) is 1. The number of aromatic nitrogens is 1. The maximum absolute atomic E-state index is 13.0. The molecule has 0 unspecified atom stereocenters. The van der Waals surface area contributed by atoms with Crippen LogP contribution in [0.3, 0.4) is 0 Å². The van der Waals surface area contributed by atoms with Crippen molar-refractivity contribution in [2.45, 2.75) is 0 Å². The molecule has 1 aliphatic rings. The first-order valence-corrected chi connectivity index (χ1v) is 11.0. The summed E-state index contributed by atoms with van der Waals surface area (Å²) in [7, 11) is 0. The van der Waals surface area contributed by atoms with Gasteiger partial charge in [-0.25, -0.2) is 0 Å². The highest BCUT2D eigenvalue weighted by atomic mass is 32.1. The van der Waals surface area contributed by atoms with Gasteiger partial charge in [0.2, 0.25) is 0 Å². The number of hydrogen-bond donors (Lipinski definition) is 1. The number of morpholine rings is 1. The molecule has 6 rings (SSSR count). The zero-order valence-electron chi connectivity index (χ0n) is 16.4. The summed E-state index contributed by atoms with van der Waals surface area (Å²) in [5.74, 6) is 0.867. The number of fused-ring (bicyclic) bond motifs is 4. The summed E-state index contributed by atoms with van der Waals surface area (Å²) >= 11 is 1.81. The molecule has 0 bridgehead atoms. The van der Waals surface area contributed by atoms with Gasteiger partial charge in [0.05, 0.1) is 18.7 Å². The zero-order valence-corrected chi connectivity index (χ0v) is 17.2. The highest BCUT2D eigenvalue weighted by molar-refractivity contribution is 7.26. The predicted molar refractivity (Wildman–Crippen MR) is 126 cm³/mol. The smallest absolute Gasteiger partial charge is 0.191 e. The van der Waals surface area contributed by atoms with Crippen LogP contribution in [0.1, 0.15) is 0 Å². The Morgan fingerprint density at radius 2 is 1.57 bits per heavy atom. The quantitative estimate of drug-likeness (QED) is 0.422. The number of pyridine rings is 1. The Balaban J connectivity index is 1.63. The van der Waals surface area contributed by atoms with Crippen molar-refractivity contribution in [2.24, 2.45) is 0 Å². The van der Waals surface area contributed by atoms with E-state index in [4.69, 9.17) is 4.74 Å². The average molecular weight is 413 g/mol. The molecular formula is C25H20N2O2S. The summed E-state index contributed by atoms with van der Waals surface area (Å²) in [5, 5.41) is 3.27. The van der Waals surface area contributed by atoms with Gasteiger partial charge in [0, 0.05) is 55.8 Å². The molecule has 0 aliphatic carbocycles. The van der Waals surface area contributed by atoms with Gasteiger partial charge in [0.15, 0.2) is 5.43 Å². The zero-order chi connectivity index (χ0) is 20.1. The van der Waals surface area contributed by atoms with Crippen molar-refractivity contribution in [1.29, 1.82) is 0 Å². The Hall–Kier alpha value is -3.15. The molecule has 0 amide bonds. The molecule has 30 heavy (non-hydrogen) atoms. The van der Waals surface area contributed by atoms with E-state index in [9.17, 15) is 4.79 Å². The summed E-state index contributed by atoms with van der Waals surface area (Å²) in [6.45, 7) is 2.94. The molecule has 1 saturated heterocycles. The fourth-order valence-corrected chi connectivity index (χ4v) is 5.65. The molecule has 0 radical (unpaired) electrons. The molecule has 1 fully saturated rings. The molecular weight excluding hydrogens is 392 g/mol. The third-order valence-corrected chi connectivity index (χ3v) is 7.12. The van der Waals surface area contributed by atoms with E-state index in [0.29, 0.717) is 13.2 Å². The van der Waals surface area contributed by atoms with Crippen molar-refractivity contribution >= 4 is 48.2 Å². The van der Waals surface area contributed by atoms with Gasteiger partial charge in [0.25, 0.3) is 0 Å². The summed E-state index contributed by atoms with van der Waals surface area (Å²) < 4.78 is 8.01. The fourth-order valence-electron chi connectivity index (χ4n) is 4.42. The van der Waals surface area contributed by atoms with Crippen molar-refractivity contribution in [2.75, 3.05) is 31.2 Å². The largest absolute Gasteiger partial charge is 0.378 e. The van der Waals surface area contributed by atoms with Crippen molar-refractivity contribution in [3.63, 3.8) is 0 Å². The Morgan fingerprint density at radius 1 is 0.833 bits per heavy atom. The van der Waals surface area contributed by atoms with Crippen LogP contribution in [0.15, 0.2) is 71.5 Å². The minimum atomic E-state index is 0.0515. The normalized spacial score (nSPS) is 14.7. The van der Waals surface area contributed by atoms with Crippen molar-refractivity contribution in [3.8, 4) is 11.1 Å². The Bertz CT molecular complexity index is 1460. The average Bonchev–Trinajstić information content (AvgIpc) is 3.18. The van der Waals surface area contributed by atoms with Crippen LogP contribution >= 0.6 is 11.3 Å². The lowest BCUT2D eigenvalue weighted by Gasteiger charge is -2.28. The molecule has 0 spiro atoms. The van der Waals surface area contributed by atoms with Gasteiger partial charge in [-0.15, -0.1) is 11.3 Å². The Labute approximate surface area is 177 Å². The summed E-state index contributed by atoms with van der Waals surface area (Å²) in [6, 6.07) is 22.7. The number of H-pyrrole nitrogens is 1. The molecule has 148 valence electrons. The lowest BCUT2D eigenvalue weighted by molar-refractivity contribution is 0.122. The highest BCUT2D eigenvalue weighted by Gasteiger charge is 2.17. The molecule has 3 aromatic carbocycles. The first-order chi connectivity index (χ1) is 14.8. The van der Waals surface area contributed by atoms with Crippen molar-refractivity contribution in [3.05, 3.63) is 77.0 Å². The number of rotatable bonds is 2. The van der Waals surface area contributed by atoms with Crippen LogP contribution in [0.2, 0.25) is 0 Å². The van der Waals surface area contributed by atoms with Gasteiger partial charge in [-0.3, -0.25) is 4.79 Å². The molecule has 0 atom stereocenters. The molecule has 2 aromatic heterocycles. The summed E-state index contributed by atoms with van der Waals surface area (Å²) in [5.41, 5.74) is 3.18. The lowest BCUT2D eigenvalue weighted by atomic mass is 9.99. The summed E-state index contributed by atoms with van der Waals surface area (Å²) in [6.07, 6.45) is 0. The van der Waals surface area contributed by atoms with E-state index in [1.165, 1.54) is 20.2 Å². The van der Waals surface area contributed by atoms with Crippen LogP contribution in [0.4, 0.5) is 5.82 Å². The highest BCUT2D eigenvalue weighted by Crippen LogP contribution is 2.41. The third-order valence-electron chi connectivity index (χ3n) is 5.90. The standard InChI is InChI=1S/C25H20N2O2S/c28-21-15-23(27-11-13-29-14-12-27)26-24-17(6-3-9-20(21)24)19-8-4-7-18-16-5-1-2-10-22(16)30-25(18)19/h1-10,15H,11-14H2,(H,26,28). The minimum Gasteiger partial charge on any atom is -0.378 e. The fraction of sp³-hybridized carbons (Fsp3) is 0.160. The molecule has 1 N–H and O–H groups in total. The number of anilines is 1. The number of ether oxygens (including phenoxy) is 1. The van der Waals surface area contributed by atoms with Gasteiger partial charge in [0.1, 0.15) is 5.82 Å². The van der Waals surface area contributed by atoms with Crippen LogP contribution in [0.5, 0.6) is 0 Å². The van der Waals surface area contributed by atoms with Gasteiger partial charge < -0.3 is 14.6 Å². The predicted octanol–water partition coefficient (Wildman–Crippen LogP) is 5.40. The number of benzene rings is 3. The Kier molecular flexibility index (Phi) is 4.11. The second-order valence-corrected chi connectivity index (χ2v) is 8.68. The lowest BCUT2D eigenvalue weighted by Crippen LogP contribution is -2.37. The molecule has 3 heterocycles. The molecule has 1 aliphatic heterocycles. The van der Waals surface area contributed by atoms with E-state index in [1.807, 2.05) is 23.5 Å². The summed E-state index contributed by atoms with van der Waals surface area (Å²) in [4.78, 5) is 18.7. The van der Waals surface area contributed by atoms with Crippen LogP contribution in [0.25, 0.3) is 42.2 Å². The van der Waals surface area contributed by atoms with Gasteiger partial charge >= 0.3 is 0 Å². The van der Waals surface area contributed by atoms with E-state index in [2.05, 4.69) is 58.4 Å². The van der Waals surface area contributed by atoms with Gasteiger partial charge in [-0.2, -0.15) is 0 Å². The van der Waals surface area contributed by atoms with E-state index in [1.54, 1.807) is 6.07 Å². The number of hydrogen-bond acceptors (Lipinski definition) is 4. The van der Waals surface area contributed by atoms with Crippen LogP contribution in [0, 0.1) is 0 Å². The topological polar surface area (TPSA) is 45.3 Å². The first kappa shape index (κ1) is 17.7. The molecule has 4 nitrogen and oxygen atoms in total. The number of para-hydroxylation sites is 1.